The molecule has 1 aromatic carbocycles. The first kappa shape index (κ1) is 11.2. The van der Waals surface area contributed by atoms with E-state index in [0.717, 1.165) is 4.34 Å². The first-order valence-corrected chi connectivity index (χ1v) is 6.55. The predicted octanol–water partition coefficient (Wildman–Crippen LogP) is 1.51. The topological polar surface area (TPSA) is 97.5 Å². The minimum Gasteiger partial charge on any atom is -0.399 e. The lowest BCUT2D eigenvalue weighted by atomic mass is 10.2. The largest absolute Gasteiger partial charge is 0.399 e. The van der Waals surface area contributed by atoms with Gasteiger partial charge in [0.2, 0.25) is 0 Å². The van der Waals surface area contributed by atoms with Crippen LogP contribution in [0.25, 0.3) is 10.9 Å². The van der Waals surface area contributed by atoms with Crippen LogP contribution >= 0.6 is 23.3 Å². The number of nitrogens with zero attached hydrogens (tertiary/aromatic N) is 3. The number of rotatable bonds is 2. The summed E-state index contributed by atoms with van der Waals surface area (Å²) in [6.45, 7) is 0. The van der Waals surface area contributed by atoms with E-state index in [1.165, 1.54) is 29.6 Å². The zero-order valence-electron chi connectivity index (χ0n) is 8.95. The van der Waals surface area contributed by atoms with E-state index in [1.54, 1.807) is 18.2 Å². The Morgan fingerprint density at radius 3 is 3.06 bits per heavy atom. The van der Waals surface area contributed by atoms with Crippen LogP contribution in [0.15, 0.2) is 38.8 Å². The summed E-state index contributed by atoms with van der Waals surface area (Å²) in [7, 11) is 0. The quantitative estimate of drug-likeness (QED) is 0.544. The van der Waals surface area contributed by atoms with Gasteiger partial charge in [-0.05, 0) is 41.5 Å². The zero-order chi connectivity index (χ0) is 12.5. The fourth-order valence-corrected chi connectivity index (χ4v) is 2.82. The number of nitrogens with two attached hydrogens (primary N) is 1. The molecule has 3 aromatic rings. The highest BCUT2D eigenvalue weighted by molar-refractivity contribution is 8.00. The van der Waals surface area contributed by atoms with E-state index in [-0.39, 0.29) is 5.56 Å². The molecule has 2 aromatic heterocycles. The van der Waals surface area contributed by atoms with E-state index in [0.29, 0.717) is 21.7 Å². The van der Waals surface area contributed by atoms with Crippen LogP contribution in [-0.4, -0.2) is 19.3 Å². The number of anilines is 1. The highest BCUT2D eigenvalue weighted by atomic mass is 32.2. The molecule has 8 heteroatoms. The Morgan fingerprint density at radius 1 is 1.39 bits per heavy atom. The molecule has 0 aliphatic rings. The Kier molecular flexibility index (Phi) is 2.73. The van der Waals surface area contributed by atoms with E-state index >= 15 is 0 Å². The molecule has 3 rings (SSSR count). The van der Waals surface area contributed by atoms with Gasteiger partial charge in [0.15, 0.2) is 9.50 Å². The van der Waals surface area contributed by atoms with Crippen molar-refractivity contribution in [1.29, 1.82) is 0 Å². The molecule has 0 saturated carbocycles. The average molecular weight is 277 g/mol. The van der Waals surface area contributed by atoms with E-state index in [1.807, 2.05) is 0 Å². The second kappa shape index (κ2) is 4.39. The maximum Gasteiger partial charge on any atom is 0.259 e. The lowest BCUT2D eigenvalue weighted by molar-refractivity contribution is 0.972. The number of benzene rings is 1. The van der Waals surface area contributed by atoms with Crippen LogP contribution in [0.2, 0.25) is 0 Å². The van der Waals surface area contributed by atoms with Gasteiger partial charge in [-0.1, -0.05) is 0 Å². The van der Waals surface area contributed by atoms with E-state index in [2.05, 4.69) is 19.3 Å². The summed E-state index contributed by atoms with van der Waals surface area (Å²) in [4.78, 5) is 22.9. The van der Waals surface area contributed by atoms with Gasteiger partial charge in [-0.2, -0.15) is 4.37 Å². The summed E-state index contributed by atoms with van der Waals surface area (Å²) in [5, 5.41) is 0.977. The van der Waals surface area contributed by atoms with Gasteiger partial charge in [-0.15, -0.1) is 0 Å². The monoisotopic (exact) mass is 277 g/mol. The highest BCUT2D eigenvalue weighted by Crippen LogP contribution is 2.25. The van der Waals surface area contributed by atoms with Crippen LogP contribution in [0.3, 0.4) is 0 Å². The third kappa shape index (κ3) is 2.07. The molecule has 0 radical (unpaired) electrons. The normalized spacial score (nSPS) is 10.9. The molecule has 0 spiro atoms. The molecular formula is C10H7N5OS2. The van der Waals surface area contributed by atoms with Crippen molar-refractivity contribution in [2.24, 2.45) is 0 Å². The molecule has 0 aliphatic carbocycles. The maximum atomic E-state index is 11.9. The molecule has 0 fully saturated rings. The number of aromatic nitrogens is 4. The van der Waals surface area contributed by atoms with Gasteiger partial charge in [-0.3, -0.25) is 4.79 Å². The Morgan fingerprint density at radius 2 is 2.28 bits per heavy atom. The Labute approximate surface area is 109 Å². The molecular weight excluding hydrogens is 270 g/mol. The van der Waals surface area contributed by atoms with Gasteiger partial charge in [0.05, 0.1) is 10.9 Å². The molecule has 0 saturated heterocycles. The standard InChI is InChI=1S/C10H7N5OS2/c11-5-1-2-7-6(3-5)8(16)15-9(14-7)17-10-12-4-13-18-10/h1-4H,11H2,(H,14,15,16). The number of hydrogen-bond donors (Lipinski definition) is 2. The second-order valence-electron chi connectivity index (χ2n) is 3.46. The molecule has 0 amide bonds. The van der Waals surface area contributed by atoms with Crippen molar-refractivity contribution < 1.29 is 0 Å². The van der Waals surface area contributed by atoms with Crippen LogP contribution in [0.1, 0.15) is 0 Å². The van der Waals surface area contributed by atoms with Crippen molar-refractivity contribution in [1.82, 2.24) is 19.3 Å². The third-order valence-corrected chi connectivity index (χ3v) is 3.83. The smallest absolute Gasteiger partial charge is 0.259 e. The summed E-state index contributed by atoms with van der Waals surface area (Å²) in [6, 6.07) is 5.05. The SMILES string of the molecule is Nc1ccc2nc(Sc3ncns3)[nH]c(=O)c2c1. The number of nitrogens with one attached hydrogen (secondary N) is 1. The fourth-order valence-electron chi connectivity index (χ4n) is 1.47. The molecule has 0 unspecified atom stereocenters. The molecule has 18 heavy (non-hydrogen) atoms. The maximum absolute atomic E-state index is 11.9. The molecule has 3 N–H and O–H groups in total. The van der Waals surface area contributed by atoms with Gasteiger partial charge < -0.3 is 10.7 Å². The predicted molar refractivity (Wildman–Crippen MR) is 70.8 cm³/mol. The summed E-state index contributed by atoms with van der Waals surface area (Å²) in [6.07, 6.45) is 1.47. The van der Waals surface area contributed by atoms with E-state index < -0.39 is 0 Å². The first-order valence-electron chi connectivity index (χ1n) is 4.96. The molecule has 6 nitrogen and oxygen atoms in total. The van der Waals surface area contributed by atoms with Gasteiger partial charge >= 0.3 is 0 Å². The van der Waals surface area contributed by atoms with Gasteiger partial charge in [0.25, 0.3) is 5.56 Å². The van der Waals surface area contributed by atoms with Crippen molar-refractivity contribution in [3.05, 3.63) is 34.9 Å². The van der Waals surface area contributed by atoms with Crippen LogP contribution in [0, 0.1) is 0 Å². The minimum absolute atomic E-state index is 0.209. The Bertz CT molecular complexity index is 753. The van der Waals surface area contributed by atoms with E-state index in [9.17, 15) is 4.79 Å². The summed E-state index contributed by atoms with van der Waals surface area (Å²) in [5.74, 6) is 0. The Hall–Kier alpha value is -1.93. The fraction of sp³-hybridized carbons (Fsp3) is 0. The van der Waals surface area contributed by atoms with Crippen molar-refractivity contribution in [2.75, 3.05) is 5.73 Å². The number of hydrogen-bond acceptors (Lipinski definition) is 7. The van der Waals surface area contributed by atoms with Crippen LogP contribution in [0.5, 0.6) is 0 Å². The highest BCUT2D eigenvalue weighted by Gasteiger charge is 2.07. The average Bonchev–Trinajstić information content (AvgIpc) is 2.83. The molecule has 2 heterocycles. The van der Waals surface area contributed by atoms with Crippen molar-refractivity contribution in [3.8, 4) is 0 Å². The number of H-pyrrole nitrogens is 1. The van der Waals surface area contributed by atoms with Crippen LogP contribution in [-0.2, 0) is 0 Å². The van der Waals surface area contributed by atoms with Crippen LogP contribution < -0.4 is 11.3 Å². The van der Waals surface area contributed by atoms with Crippen LogP contribution in [0.4, 0.5) is 5.69 Å². The third-order valence-electron chi connectivity index (χ3n) is 2.23. The number of fused-ring (bicyclic) bond motifs is 1. The lowest BCUT2D eigenvalue weighted by Crippen LogP contribution is -2.09. The minimum atomic E-state index is -0.209. The molecule has 0 aliphatic heterocycles. The summed E-state index contributed by atoms with van der Waals surface area (Å²) >= 11 is 2.53. The van der Waals surface area contributed by atoms with Crippen molar-refractivity contribution in [3.63, 3.8) is 0 Å². The Balaban J connectivity index is 2.10. The molecule has 90 valence electrons. The van der Waals surface area contributed by atoms with Gasteiger partial charge in [-0.25, -0.2) is 9.97 Å². The number of nitrogen functional groups attached to an aromatic ring is 1. The summed E-state index contributed by atoms with van der Waals surface area (Å²) in [5.41, 5.74) is 6.58. The van der Waals surface area contributed by atoms with E-state index in [4.69, 9.17) is 5.73 Å². The summed E-state index contributed by atoms with van der Waals surface area (Å²) < 4.78 is 4.62. The zero-order valence-corrected chi connectivity index (χ0v) is 10.6. The second-order valence-corrected chi connectivity index (χ2v) is 5.47. The van der Waals surface area contributed by atoms with Crippen molar-refractivity contribution in [2.45, 2.75) is 9.50 Å². The van der Waals surface area contributed by atoms with Gasteiger partial charge in [0.1, 0.15) is 6.33 Å². The molecule has 0 atom stereocenters. The van der Waals surface area contributed by atoms with Gasteiger partial charge in [0, 0.05) is 5.69 Å². The lowest BCUT2D eigenvalue weighted by Gasteiger charge is -2.01. The molecule has 0 bridgehead atoms. The van der Waals surface area contributed by atoms with Crippen molar-refractivity contribution >= 4 is 39.9 Å². The first-order chi connectivity index (χ1) is 8.72. The number of aromatic amines is 1.